The van der Waals surface area contributed by atoms with Crippen molar-refractivity contribution in [2.24, 2.45) is 5.92 Å². The Kier molecular flexibility index (Phi) is 6.93. The molecule has 0 radical (unpaired) electrons. The number of rotatable bonds is 6. The molecule has 0 spiro atoms. The molecule has 2 aromatic heterocycles. The van der Waals surface area contributed by atoms with Crippen molar-refractivity contribution in [3.8, 4) is 0 Å². The number of thiophene rings is 1. The standard InChI is InChI=1S/C22H23ClFN3O4S3/c23-19-7-8-20(33-19)34(29,30)26-9-1-3-14(12-26)21(28)27(13-16-4-2-10-31-16)22-25-17-6-5-15(24)11-18(17)32-22/h5-8,11,14,16H,1-4,9-10,12-13H2. The molecule has 2 fully saturated rings. The summed E-state index contributed by atoms with van der Waals surface area (Å²) in [7, 11) is -3.73. The van der Waals surface area contributed by atoms with Gasteiger partial charge in [0.2, 0.25) is 5.91 Å². The Morgan fingerprint density at radius 1 is 1.24 bits per heavy atom. The van der Waals surface area contributed by atoms with E-state index in [1.54, 1.807) is 17.0 Å². The summed E-state index contributed by atoms with van der Waals surface area (Å²) in [5, 5.41) is 0.478. The first-order valence-electron chi connectivity index (χ1n) is 11.1. The number of piperidine rings is 1. The third-order valence-electron chi connectivity index (χ3n) is 6.12. The number of amides is 1. The maximum atomic E-state index is 13.8. The number of sulfonamides is 1. The van der Waals surface area contributed by atoms with Gasteiger partial charge in [-0.15, -0.1) is 11.3 Å². The van der Waals surface area contributed by atoms with Crippen molar-refractivity contribution >= 4 is 65.6 Å². The van der Waals surface area contributed by atoms with Crippen LogP contribution >= 0.6 is 34.3 Å². The molecule has 4 heterocycles. The molecule has 182 valence electrons. The zero-order chi connectivity index (χ0) is 23.9. The van der Waals surface area contributed by atoms with Gasteiger partial charge in [-0.2, -0.15) is 4.31 Å². The van der Waals surface area contributed by atoms with E-state index in [1.807, 2.05) is 0 Å². The molecule has 3 aromatic rings. The lowest BCUT2D eigenvalue weighted by Gasteiger charge is -2.34. The topological polar surface area (TPSA) is 79.8 Å². The highest BCUT2D eigenvalue weighted by atomic mass is 35.5. The second-order valence-corrected chi connectivity index (χ2v) is 13.3. The Morgan fingerprint density at radius 2 is 2.09 bits per heavy atom. The van der Waals surface area contributed by atoms with Crippen LogP contribution in [0.2, 0.25) is 4.34 Å². The number of fused-ring (bicyclic) bond motifs is 1. The fourth-order valence-electron chi connectivity index (χ4n) is 4.40. The zero-order valence-electron chi connectivity index (χ0n) is 18.2. The van der Waals surface area contributed by atoms with Crippen LogP contribution in [0, 0.1) is 11.7 Å². The molecule has 2 atom stereocenters. The summed E-state index contributed by atoms with van der Waals surface area (Å²) in [5.74, 6) is -1.05. The summed E-state index contributed by atoms with van der Waals surface area (Å²) in [5.41, 5.74) is 0.619. The molecule has 5 rings (SSSR count). The van der Waals surface area contributed by atoms with Crippen LogP contribution in [0.25, 0.3) is 10.2 Å². The normalized spacial score (nSPS) is 21.8. The van der Waals surface area contributed by atoms with Crippen LogP contribution < -0.4 is 4.90 Å². The lowest BCUT2D eigenvalue weighted by molar-refractivity contribution is -0.123. The van der Waals surface area contributed by atoms with Crippen LogP contribution in [0.5, 0.6) is 0 Å². The van der Waals surface area contributed by atoms with Crippen molar-refractivity contribution in [2.45, 2.75) is 36.0 Å². The second-order valence-electron chi connectivity index (χ2n) is 8.45. The lowest BCUT2D eigenvalue weighted by Crippen LogP contribution is -2.48. The molecule has 0 saturated carbocycles. The first-order chi connectivity index (χ1) is 16.3. The van der Waals surface area contributed by atoms with Crippen molar-refractivity contribution in [1.82, 2.24) is 9.29 Å². The molecule has 1 amide bonds. The molecule has 2 aliphatic rings. The molecule has 0 aliphatic carbocycles. The third-order valence-corrected chi connectivity index (χ3v) is 10.7. The maximum Gasteiger partial charge on any atom is 0.252 e. The van der Waals surface area contributed by atoms with E-state index in [9.17, 15) is 17.6 Å². The van der Waals surface area contributed by atoms with E-state index in [0.29, 0.717) is 52.2 Å². The number of aromatic nitrogens is 1. The molecular formula is C22H23ClFN3O4S3. The van der Waals surface area contributed by atoms with Gasteiger partial charge < -0.3 is 4.74 Å². The van der Waals surface area contributed by atoms with Gasteiger partial charge in [0.1, 0.15) is 10.0 Å². The number of benzene rings is 1. The highest BCUT2D eigenvalue weighted by molar-refractivity contribution is 7.91. The Morgan fingerprint density at radius 3 is 2.82 bits per heavy atom. The minimum Gasteiger partial charge on any atom is -0.376 e. The first kappa shape index (κ1) is 24.1. The summed E-state index contributed by atoms with van der Waals surface area (Å²) in [6.07, 6.45) is 2.82. The Hall–Kier alpha value is -1.63. The third kappa shape index (κ3) is 4.87. The lowest BCUT2D eigenvalue weighted by atomic mass is 9.98. The zero-order valence-corrected chi connectivity index (χ0v) is 21.4. The smallest absolute Gasteiger partial charge is 0.252 e. The van der Waals surface area contributed by atoms with Crippen molar-refractivity contribution < 1.29 is 22.3 Å². The van der Waals surface area contributed by atoms with E-state index in [2.05, 4.69) is 4.98 Å². The van der Waals surface area contributed by atoms with Crippen molar-refractivity contribution in [3.63, 3.8) is 0 Å². The summed E-state index contributed by atoms with van der Waals surface area (Å²) in [4.78, 5) is 20.0. The van der Waals surface area contributed by atoms with E-state index in [0.717, 1.165) is 24.2 Å². The van der Waals surface area contributed by atoms with Crippen LogP contribution in [0.15, 0.2) is 34.5 Å². The molecule has 2 saturated heterocycles. The number of carbonyl (C=O) groups is 1. The molecule has 12 heteroatoms. The fraction of sp³-hybridized carbons (Fsp3) is 0.455. The minimum absolute atomic E-state index is 0.0955. The van der Waals surface area contributed by atoms with E-state index in [-0.39, 0.29) is 28.6 Å². The molecule has 34 heavy (non-hydrogen) atoms. The van der Waals surface area contributed by atoms with Crippen LogP contribution in [0.4, 0.5) is 9.52 Å². The van der Waals surface area contributed by atoms with Crippen molar-refractivity contribution in [1.29, 1.82) is 0 Å². The molecular weight excluding hydrogens is 521 g/mol. The summed E-state index contributed by atoms with van der Waals surface area (Å²) < 4.78 is 48.4. The monoisotopic (exact) mass is 543 g/mol. The van der Waals surface area contributed by atoms with Crippen molar-refractivity contribution in [2.75, 3.05) is 31.1 Å². The van der Waals surface area contributed by atoms with Gasteiger partial charge in [-0.25, -0.2) is 17.8 Å². The molecule has 2 unspecified atom stereocenters. The number of thiazole rings is 1. The molecule has 1 aromatic carbocycles. The van der Waals surface area contributed by atoms with E-state index in [1.165, 1.54) is 33.8 Å². The van der Waals surface area contributed by atoms with Gasteiger partial charge >= 0.3 is 0 Å². The van der Waals surface area contributed by atoms with Crippen LogP contribution in [-0.2, 0) is 19.6 Å². The first-order valence-corrected chi connectivity index (χ1v) is 14.5. The van der Waals surface area contributed by atoms with E-state index < -0.39 is 15.9 Å². The van der Waals surface area contributed by atoms with Gasteiger partial charge in [0.15, 0.2) is 5.13 Å². The highest BCUT2D eigenvalue weighted by Crippen LogP contribution is 2.34. The Labute approximate surface area is 210 Å². The van der Waals surface area contributed by atoms with Gasteiger partial charge in [0.05, 0.1) is 33.1 Å². The van der Waals surface area contributed by atoms with E-state index >= 15 is 0 Å². The maximum absolute atomic E-state index is 13.8. The Balaban J connectivity index is 1.41. The molecule has 7 nitrogen and oxygen atoms in total. The summed E-state index contributed by atoms with van der Waals surface area (Å²) >= 11 is 8.22. The predicted molar refractivity (Wildman–Crippen MR) is 132 cm³/mol. The largest absolute Gasteiger partial charge is 0.376 e. The quantitative estimate of drug-likeness (QED) is 0.448. The summed E-state index contributed by atoms with van der Waals surface area (Å²) in [6.45, 7) is 1.44. The van der Waals surface area contributed by atoms with Gasteiger partial charge in [-0.1, -0.05) is 22.9 Å². The number of hydrogen-bond donors (Lipinski definition) is 0. The number of hydrogen-bond acceptors (Lipinski definition) is 7. The van der Waals surface area contributed by atoms with Gasteiger partial charge in [0, 0.05) is 19.7 Å². The molecule has 2 aliphatic heterocycles. The van der Waals surface area contributed by atoms with Gasteiger partial charge in [-0.05, 0) is 56.0 Å². The average Bonchev–Trinajstić information content (AvgIpc) is 3.58. The molecule has 0 bridgehead atoms. The highest BCUT2D eigenvalue weighted by Gasteiger charge is 2.37. The number of ether oxygens (including phenoxy) is 1. The van der Waals surface area contributed by atoms with Crippen LogP contribution in [0.3, 0.4) is 0 Å². The van der Waals surface area contributed by atoms with Gasteiger partial charge in [0.25, 0.3) is 10.0 Å². The van der Waals surface area contributed by atoms with Gasteiger partial charge in [-0.3, -0.25) is 9.69 Å². The average molecular weight is 544 g/mol. The number of halogens is 2. The number of anilines is 1. The van der Waals surface area contributed by atoms with Crippen LogP contribution in [-0.4, -0.2) is 56.0 Å². The second kappa shape index (κ2) is 9.79. The summed E-state index contributed by atoms with van der Waals surface area (Å²) in [6, 6.07) is 7.41. The van der Waals surface area contributed by atoms with Crippen molar-refractivity contribution in [3.05, 3.63) is 40.5 Å². The SMILES string of the molecule is O=C(C1CCCN(S(=O)(=O)c2ccc(Cl)s2)C1)N(CC1CCCO1)c1nc2ccc(F)cc2s1. The van der Waals surface area contributed by atoms with E-state index in [4.69, 9.17) is 16.3 Å². The fourth-order valence-corrected chi connectivity index (χ4v) is 8.57. The number of nitrogens with zero attached hydrogens (tertiary/aromatic N) is 3. The Bertz CT molecular complexity index is 1310. The predicted octanol–water partition coefficient (Wildman–Crippen LogP) is 4.76. The van der Waals surface area contributed by atoms with Crippen LogP contribution in [0.1, 0.15) is 25.7 Å². The molecule has 0 N–H and O–H groups in total. The number of carbonyl (C=O) groups excluding carboxylic acids is 1. The minimum atomic E-state index is -3.73.